The maximum absolute atomic E-state index is 13.7. The van der Waals surface area contributed by atoms with E-state index in [0.29, 0.717) is 18.2 Å². The van der Waals surface area contributed by atoms with Crippen LogP contribution in [0.5, 0.6) is 0 Å². The molecule has 9 heteroatoms. The largest absolute Gasteiger partial charge is 0.367 e. The van der Waals surface area contributed by atoms with Crippen LogP contribution in [0.3, 0.4) is 0 Å². The van der Waals surface area contributed by atoms with E-state index in [1.165, 1.54) is 18.2 Å². The Morgan fingerprint density at radius 1 is 1.19 bits per heavy atom. The molecule has 0 bridgehead atoms. The fraction of sp³-hybridized carbons (Fsp3) is 0.222. The zero-order valence-corrected chi connectivity index (χ0v) is 15.6. The summed E-state index contributed by atoms with van der Waals surface area (Å²) in [6.45, 7) is 4.52. The van der Waals surface area contributed by atoms with Crippen molar-refractivity contribution in [2.75, 3.05) is 18.4 Å². The van der Waals surface area contributed by atoms with Gasteiger partial charge in [-0.05, 0) is 44.2 Å². The fourth-order valence-corrected chi connectivity index (χ4v) is 2.81. The number of halogens is 2. The number of nitrogens with one attached hydrogen (secondary N) is 2. The Morgan fingerprint density at radius 3 is 2.63 bits per heavy atom. The van der Waals surface area contributed by atoms with E-state index < -0.39 is 11.7 Å². The number of carbonyl (C=O) groups is 1. The van der Waals surface area contributed by atoms with Gasteiger partial charge in [-0.1, -0.05) is 17.7 Å². The molecule has 0 aliphatic carbocycles. The highest BCUT2D eigenvalue weighted by Crippen LogP contribution is 2.18. The van der Waals surface area contributed by atoms with Gasteiger partial charge in [0, 0.05) is 18.8 Å². The van der Waals surface area contributed by atoms with Gasteiger partial charge in [0.05, 0.1) is 16.3 Å². The van der Waals surface area contributed by atoms with Gasteiger partial charge >= 0.3 is 0 Å². The number of rotatable bonds is 6. The lowest BCUT2D eigenvalue weighted by Gasteiger charge is -2.09. The molecule has 0 spiro atoms. The van der Waals surface area contributed by atoms with Crippen LogP contribution < -0.4 is 10.6 Å². The van der Waals surface area contributed by atoms with Crippen molar-refractivity contribution in [2.45, 2.75) is 13.8 Å². The van der Waals surface area contributed by atoms with Crippen LogP contribution in [0.15, 0.2) is 36.4 Å². The van der Waals surface area contributed by atoms with Gasteiger partial charge in [-0.15, -0.1) is 10.2 Å². The second-order valence-electron chi connectivity index (χ2n) is 5.90. The van der Waals surface area contributed by atoms with Gasteiger partial charge < -0.3 is 10.6 Å². The van der Waals surface area contributed by atoms with Gasteiger partial charge in [0.1, 0.15) is 11.6 Å². The van der Waals surface area contributed by atoms with Crippen LogP contribution in [-0.4, -0.2) is 39.0 Å². The first-order chi connectivity index (χ1) is 13.0. The summed E-state index contributed by atoms with van der Waals surface area (Å²) in [6, 6.07) is 9.64. The summed E-state index contributed by atoms with van der Waals surface area (Å²) in [5, 5.41) is 18.3. The van der Waals surface area contributed by atoms with E-state index in [1.807, 2.05) is 19.9 Å². The standard InChI is InChI=1S/C18H18ClFN6O/c1-11-10-12(2)26(25-11)16-7-6-15(23-24-16)21-8-9-22-18(27)17-13(19)4-3-5-14(17)20/h3-7,10H,8-9H2,1-2H3,(H,21,23)(H,22,27). The second kappa shape index (κ2) is 8.13. The summed E-state index contributed by atoms with van der Waals surface area (Å²) in [5.74, 6) is -0.0449. The van der Waals surface area contributed by atoms with E-state index in [9.17, 15) is 9.18 Å². The van der Waals surface area contributed by atoms with Crippen molar-refractivity contribution in [2.24, 2.45) is 0 Å². The van der Waals surface area contributed by atoms with Crippen molar-refractivity contribution in [3.8, 4) is 5.82 Å². The lowest BCUT2D eigenvalue weighted by atomic mass is 10.2. The van der Waals surface area contributed by atoms with Gasteiger partial charge in [0.25, 0.3) is 5.91 Å². The normalized spacial score (nSPS) is 10.7. The van der Waals surface area contributed by atoms with Gasteiger partial charge in [0.2, 0.25) is 0 Å². The van der Waals surface area contributed by atoms with Gasteiger partial charge in [-0.25, -0.2) is 9.07 Å². The topological polar surface area (TPSA) is 84.7 Å². The molecule has 2 N–H and O–H groups in total. The van der Waals surface area contributed by atoms with Crippen LogP contribution in [-0.2, 0) is 0 Å². The molecule has 1 aromatic carbocycles. The lowest BCUT2D eigenvalue weighted by Crippen LogP contribution is -2.29. The molecule has 0 fully saturated rings. The zero-order chi connectivity index (χ0) is 19.4. The number of nitrogens with zero attached hydrogens (tertiary/aromatic N) is 4. The third-order valence-corrected chi connectivity index (χ3v) is 4.10. The Bertz CT molecular complexity index is 937. The Balaban J connectivity index is 1.52. The minimum atomic E-state index is -0.654. The maximum Gasteiger partial charge on any atom is 0.255 e. The van der Waals surface area contributed by atoms with Crippen LogP contribution in [0.4, 0.5) is 10.2 Å². The predicted molar refractivity (Wildman–Crippen MR) is 101 cm³/mol. The van der Waals surface area contributed by atoms with Gasteiger partial charge in [-0.2, -0.15) is 5.10 Å². The molecule has 3 aromatic rings. The van der Waals surface area contributed by atoms with Crippen molar-refractivity contribution in [1.82, 2.24) is 25.3 Å². The third kappa shape index (κ3) is 4.40. The van der Waals surface area contributed by atoms with Crippen molar-refractivity contribution >= 4 is 23.3 Å². The van der Waals surface area contributed by atoms with E-state index >= 15 is 0 Å². The maximum atomic E-state index is 13.7. The smallest absolute Gasteiger partial charge is 0.255 e. The Hall–Kier alpha value is -3.00. The predicted octanol–water partition coefficient (Wildman–Crippen LogP) is 2.91. The van der Waals surface area contributed by atoms with E-state index in [2.05, 4.69) is 25.9 Å². The summed E-state index contributed by atoms with van der Waals surface area (Å²) in [5.41, 5.74) is 1.72. The molecule has 0 saturated carbocycles. The first-order valence-electron chi connectivity index (χ1n) is 8.29. The molecule has 0 saturated heterocycles. The first kappa shape index (κ1) is 18.8. The molecule has 3 rings (SSSR count). The molecule has 2 aromatic heterocycles. The summed E-state index contributed by atoms with van der Waals surface area (Å²) in [6.07, 6.45) is 0. The van der Waals surface area contributed by atoms with Crippen molar-refractivity contribution in [3.63, 3.8) is 0 Å². The highest BCUT2D eigenvalue weighted by atomic mass is 35.5. The van der Waals surface area contributed by atoms with Crippen molar-refractivity contribution in [1.29, 1.82) is 0 Å². The molecule has 0 unspecified atom stereocenters. The molecule has 27 heavy (non-hydrogen) atoms. The fourth-order valence-electron chi connectivity index (χ4n) is 2.56. The number of aromatic nitrogens is 4. The minimum absolute atomic E-state index is 0.0751. The highest BCUT2D eigenvalue weighted by molar-refractivity contribution is 6.33. The number of amides is 1. The summed E-state index contributed by atoms with van der Waals surface area (Å²) in [7, 11) is 0. The summed E-state index contributed by atoms with van der Waals surface area (Å²) >= 11 is 5.87. The van der Waals surface area contributed by atoms with Crippen molar-refractivity contribution < 1.29 is 9.18 Å². The lowest BCUT2D eigenvalue weighted by molar-refractivity contribution is 0.0951. The van der Waals surface area contributed by atoms with Crippen LogP contribution >= 0.6 is 11.6 Å². The molecule has 2 heterocycles. The Labute approximate surface area is 160 Å². The number of anilines is 1. The zero-order valence-electron chi connectivity index (χ0n) is 14.8. The molecule has 140 valence electrons. The van der Waals surface area contributed by atoms with E-state index in [4.69, 9.17) is 11.6 Å². The average Bonchev–Trinajstić information content (AvgIpc) is 2.97. The SMILES string of the molecule is Cc1cc(C)n(-c2ccc(NCCNC(=O)c3c(F)cccc3Cl)nn2)n1. The van der Waals surface area contributed by atoms with Gasteiger partial charge in [-0.3, -0.25) is 4.79 Å². The minimum Gasteiger partial charge on any atom is -0.367 e. The highest BCUT2D eigenvalue weighted by Gasteiger charge is 2.14. The van der Waals surface area contributed by atoms with Gasteiger partial charge in [0.15, 0.2) is 5.82 Å². The van der Waals surface area contributed by atoms with E-state index in [1.54, 1.807) is 16.8 Å². The molecule has 0 atom stereocenters. The molecule has 0 aliphatic heterocycles. The van der Waals surface area contributed by atoms with E-state index in [0.717, 1.165) is 11.4 Å². The Kier molecular flexibility index (Phi) is 5.66. The number of hydrogen-bond acceptors (Lipinski definition) is 5. The van der Waals surface area contributed by atoms with E-state index in [-0.39, 0.29) is 17.1 Å². The second-order valence-corrected chi connectivity index (χ2v) is 6.30. The first-order valence-corrected chi connectivity index (χ1v) is 8.67. The van der Waals surface area contributed by atoms with Crippen LogP contribution in [0.1, 0.15) is 21.7 Å². The molecule has 0 radical (unpaired) electrons. The summed E-state index contributed by atoms with van der Waals surface area (Å²) in [4.78, 5) is 12.0. The molecular weight excluding hydrogens is 371 g/mol. The quantitative estimate of drug-likeness (QED) is 0.634. The van der Waals surface area contributed by atoms with Crippen LogP contribution in [0.25, 0.3) is 5.82 Å². The van der Waals surface area contributed by atoms with Crippen LogP contribution in [0.2, 0.25) is 5.02 Å². The molecule has 7 nitrogen and oxygen atoms in total. The third-order valence-electron chi connectivity index (χ3n) is 3.78. The van der Waals surface area contributed by atoms with Crippen molar-refractivity contribution in [3.05, 3.63) is 64.2 Å². The molecule has 0 aliphatic rings. The molecule has 1 amide bonds. The Morgan fingerprint density at radius 2 is 2.00 bits per heavy atom. The summed E-state index contributed by atoms with van der Waals surface area (Å²) < 4.78 is 15.4. The number of aryl methyl sites for hydroxylation is 2. The monoisotopic (exact) mass is 388 g/mol. The number of carbonyl (C=O) groups excluding carboxylic acids is 1. The number of benzene rings is 1. The average molecular weight is 389 g/mol. The molecular formula is C18H18ClFN6O. The van der Waals surface area contributed by atoms with Crippen LogP contribution in [0, 0.1) is 19.7 Å². The number of hydrogen-bond donors (Lipinski definition) is 2.